The van der Waals surface area contributed by atoms with Gasteiger partial charge < -0.3 is 9.47 Å². The molecular formula is C10H18O3. The van der Waals surface area contributed by atoms with Crippen LogP contribution in [0.2, 0.25) is 0 Å². The van der Waals surface area contributed by atoms with Gasteiger partial charge >= 0.3 is 5.97 Å². The van der Waals surface area contributed by atoms with Gasteiger partial charge in [-0.05, 0) is 19.3 Å². The summed E-state index contributed by atoms with van der Waals surface area (Å²) in [4.78, 5) is 11.0. The summed E-state index contributed by atoms with van der Waals surface area (Å²) < 4.78 is 10.5. The maximum absolute atomic E-state index is 11.0. The average Bonchev–Trinajstić information content (AvgIpc) is 2.18. The minimum absolute atomic E-state index is 0.0890. The molecule has 0 heterocycles. The van der Waals surface area contributed by atoms with Crippen molar-refractivity contribution in [3.63, 3.8) is 0 Å². The molecule has 1 fully saturated rings. The molecule has 2 unspecified atom stereocenters. The monoisotopic (exact) mass is 186 g/mol. The van der Waals surface area contributed by atoms with Crippen LogP contribution in [0.5, 0.6) is 0 Å². The van der Waals surface area contributed by atoms with Crippen molar-refractivity contribution in [3.8, 4) is 0 Å². The van der Waals surface area contributed by atoms with Crippen molar-refractivity contribution in [2.45, 2.75) is 51.2 Å². The Labute approximate surface area is 79.4 Å². The van der Waals surface area contributed by atoms with Crippen molar-refractivity contribution >= 4 is 5.97 Å². The van der Waals surface area contributed by atoms with E-state index in [1.165, 1.54) is 0 Å². The molecule has 3 heteroatoms. The molecule has 0 aromatic heterocycles. The van der Waals surface area contributed by atoms with Gasteiger partial charge in [0, 0.05) is 20.0 Å². The fourth-order valence-electron chi connectivity index (χ4n) is 1.69. The fraction of sp³-hybridized carbons (Fsp3) is 0.900. The van der Waals surface area contributed by atoms with E-state index in [0.29, 0.717) is 6.42 Å². The molecule has 0 aliphatic heterocycles. The zero-order valence-corrected chi connectivity index (χ0v) is 8.41. The molecule has 13 heavy (non-hydrogen) atoms. The van der Waals surface area contributed by atoms with E-state index in [-0.39, 0.29) is 18.2 Å². The van der Waals surface area contributed by atoms with Crippen LogP contribution in [0, 0.1) is 0 Å². The third-order valence-electron chi connectivity index (χ3n) is 2.50. The van der Waals surface area contributed by atoms with E-state index < -0.39 is 0 Å². The first-order valence-electron chi connectivity index (χ1n) is 4.98. The van der Waals surface area contributed by atoms with E-state index in [9.17, 15) is 4.79 Å². The van der Waals surface area contributed by atoms with Gasteiger partial charge in [0.05, 0.1) is 6.10 Å². The third-order valence-corrected chi connectivity index (χ3v) is 2.50. The van der Waals surface area contributed by atoms with Gasteiger partial charge in [-0.15, -0.1) is 0 Å². The number of hydrogen-bond donors (Lipinski definition) is 0. The Hall–Kier alpha value is -0.570. The smallest absolute Gasteiger partial charge is 0.305 e. The summed E-state index contributed by atoms with van der Waals surface area (Å²) in [7, 11) is 1.72. The standard InChI is InChI=1S/C10H18O3/c1-3-10(11)13-9-6-4-5-8(7-9)12-2/h8-9H,3-7H2,1-2H3. The first-order chi connectivity index (χ1) is 6.26. The second-order valence-electron chi connectivity index (χ2n) is 3.49. The van der Waals surface area contributed by atoms with E-state index in [1.807, 2.05) is 6.92 Å². The third kappa shape index (κ3) is 3.35. The predicted molar refractivity (Wildman–Crippen MR) is 49.4 cm³/mol. The van der Waals surface area contributed by atoms with E-state index in [0.717, 1.165) is 25.7 Å². The van der Waals surface area contributed by atoms with Crippen LogP contribution < -0.4 is 0 Å². The molecule has 0 bridgehead atoms. The topological polar surface area (TPSA) is 35.5 Å². The first-order valence-corrected chi connectivity index (χ1v) is 4.98. The number of carbonyl (C=O) groups excluding carboxylic acids is 1. The molecule has 1 saturated carbocycles. The maximum Gasteiger partial charge on any atom is 0.305 e. The van der Waals surface area contributed by atoms with Crippen LogP contribution in [-0.4, -0.2) is 25.3 Å². The second-order valence-corrected chi connectivity index (χ2v) is 3.49. The quantitative estimate of drug-likeness (QED) is 0.631. The number of hydrogen-bond acceptors (Lipinski definition) is 3. The van der Waals surface area contributed by atoms with Crippen molar-refractivity contribution in [2.75, 3.05) is 7.11 Å². The molecule has 0 N–H and O–H groups in total. The zero-order chi connectivity index (χ0) is 9.68. The van der Waals surface area contributed by atoms with E-state index in [2.05, 4.69) is 0 Å². The number of methoxy groups -OCH3 is 1. The summed E-state index contributed by atoms with van der Waals surface area (Å²) in [5.41, 5.74) is 0. The highest BCUT2D eigenvalue weighted by molar-refractivity contribution is 5.69. The van der Waals surface area contributed by atoms with Crippen LogP contribution in [0.15, 0.2) is 0 Å². The summed E-state index contributed by atoms with van der Waals surface area (Å²) in [5, 5.41) is 0. The molecule has 0 saturated heterocycles. The molecule has 76 valence electrons. The van der Waals surface area contributed by atoms with E-state index >= 15 is 0 Å². The second kappa shape index (κ2) is 5.22. The van der Waals surface area contributed by atoms with Crippen LogP contribution >= 0.6 is 0 Å². The highest BCUT2D eigenvalue weighted by atomic mass is 16.5. The SMILES string of the molecule is CCC(=O)OC1CCCC(OC)C1. The largest absolute Gasteiger partial charge is 0.462 e. The molecule has 0 spiro atoms. The minimum atomic E-state index is -0.0956. The molecule has 2 atom stereocenters. The van der Waals surface area contributed by atoms with Gasteiger partial charge in [-0.25, -0.2) is 0 Å². The Morgan fingerprint density at radius 1 is 1.38 bits per heavy atom. The summed E-state index contributed by atoms with van der Waals surface area (Å²) >= 11 is 0. The van der Waals surface area contributed by atoms with Gasteiger partial charge in [0.15, 0.2) is 0 Å². The lowest BCUT2D eigenvalue weighted by atomic mass is 9.95. The minimum Gasteiger partial charge on any atom is -0.462 e. The summed E-state index contributed by atoms with van der Waals surface area (Å²) in [5.74, 6) is -0.0956. The number of ether oxygens (including phenoxy) is 2. The summed E-state index contributed by atoms with van der Waals surface area (Å²) in [6, 6.07) is 0. The van der Waals surface area contributed by atoms with Gasteiger partial charge in [-0.1, -0.05) is 6.92 Å². The van der Waals surface area contributed by atoms with Gasteiger partial charge in [0.25, 0.3) is 0 Å². The van der Waals surface area contributed by atoms with Gasteiger partial charge in [0.1, 0.15) is 6.10 Å². The van der Waals surface area contributed by atoms with E-state index in [4.69, 9.17) is 9.47 Å². The van der Waals surface area contributed by atoms with Gasteiger partial charge in [0.2, 0.25) is 0 Å². The van der Waals surface area contributed by atoms with Crippen molar-refractivity contribution in [1.29, 1.82) is 0 Å². The molecule has 0 radical (unpaired) electrons. The lowest BCUT2D eigenvalue weighted by molar-refractivity contribution is -0.152. The molecular weight excluding hydrogens is 168 g/mol. The molecule has 1 rings (SSSR count). The van der Waals surface area contributed by atoms with E-state index in [1.54, 1.807) is 7.11 Å². The lowest BCUT2D eigenvalue weighted by Gasteiger charge is -2.27. The number of esters is 1. The van der Waals surface area contributed by atoms with Crippen LogP contribution in [-0.2, 0) is 14.3 Å². The zero-order valence-electron chi connectivity index (χ0n) is 8.41. The number of carbonyl (C=O) groups is 1. The molecule has 0 aromatic carbocycles. The Morgan fingerprint density at radius 3 is 2.69 bits per heavy atom. The summed E-state index contributed by atoms with van der Waals surface area (Å²) in [6.07, 6.45) is 4.88. The van der Waals surface area contributed by atoms with Crippen LogP contribution in [0.4, 0.5) is 0 Å². The maximum atomic E-state index is 11.0. The molecule has 3 nitrogen and oxygen atoms in total. The van der Waals surface area contributed by atoms with Gasteiger partial charge in [-0.2, -0.15) is 0 Å². The highest BCUT2D eigenvalue weighted by Crippen LogP contribution is 2.23. The summed E-state index contributed by atoms with van der Waals surface area (Å²) in [6.45, 7) is 1.82. The molecule has 1 aliphatic rings. The Balaban J connectivity index is 2.29. The Morgan fingerprint density at radius 2 is 2.08 bits per heavy atom. The van der Waals surface area contributed by atoms with Crippen LogP contribution in [0.25, 0.3) is 0 Å². The lowest BCUT2D eigenvalue weighted by Crippen LogP contribution is -2.29. The van der Waals surface area contributed by atoms with Crippen molar-refractivity contribution in [2.24, 2.45) is 0 Å². The molecule has 0 amide bonds. The molecule has 0 aromatic rings. The van der Waals surface area contributed by atoms with Crippen LogP contribution in [0.3, 0.4) is 0 Å². The van der Waals surface area contributed by atoms with Gasteiger partial charge in [-0.3, -0.25) is 4.79 Å². The number of rotatable bonds is 3. The fourth-order valence-corrected chi connectivity index (χ4v) is 1.69. The van der Waals surface area contributed by atoms with Crippen LogP contribution in [0.1, 0.15) is 39.0 Å². The first kappa shape index (κ1) is 10.5. The Kier molecular flexibility index (Phi) is 4.22. The van der Waals surface area contributed by atoms with Crippen molar-refractivity contribution in [1.82, 2.24) is 0 Å². The van der Waals surface area contributed by atoms with Crippen molar-refractivity contribution < 1.29 is 14.3 Å². The predicted octanol–water partition coefficient (Wildman–Crippen LogP) is 1.90. The highest BCUT2D eigenvalue weighted by Gasteiger charge is 2.23. The van der Waals surface area contributed by atoms with Crippen molar-refractivity contribution in [3.05, 3.63) is 0 Å². The average molecular weight is 186 g/mol. The Bertz CT molecular complexity index is 168. The molecule has 1 aliphatic carbocycles. The normalized spacial score (nSPS) is 28.5.